The minimum atomic E-state index is -0.575. The van der Waals surface area contributed by atoms with Crippen LogP contribution in [0.4, 0.5) is 10.1 Å². The van der Waals surface area contributed by atoms with Gasteiger partial charge in [-0.3, -0.25) is 9.59 Å². The van der Waals surface area contributed by atoms with Gasteiger partial charge in [-0.05, 0) is 55.5 Å². The van der Waals surface area contributed by atoms with Crippen LogP contribution in [0.15, 0.2) is 61.2 Å². The van der Waals surface area contributed by atoms with Crippen molar-refractivity contribution in [3.63, 3.8) is 0 Å². The van der Waals surface area contributed by atoms with Gasteiger partial charge in [0.1, 0.15) is 24.4 Å². The number of benzene rings is 2. The monoisotopic (exact) mass is 433 g/mol. The lowest BCUT2D eigenvalue weighted by Gasteiger charge is -2.33. The summed E-state index contributed by atoms with van der Waals surface area (Å²) in [7, 11) is 0. The van der Waals surface area contributed by atoms with Gasteiger partial charge in [0.15, 0.2) is 5.82 Å². The molecule has 1 N–H and O–H groups in total. The van der Waals surface area contributed by atoms with Crippen LogP contribution in [-0.2, 0) is 4.79 Å². The van der Waals surface area contributed by atoms with E-state index in [1.54, 1.807) is 29.2 Å². The number of nitrogens with zero attached hydrogens (tertiary/aromatic N) is 4. The number of halogens is 1. The Morgan fingerprint density at radius 1 is 1.06 bits per heavy atom. The predicted molar refractivity (Wildman–Crippen MR) is 117 cm³/mol. The van der Waals surface area contributed by atoms with E-state index in [9.17, 15) is 14.0 Å². The van der Waals surface area contributed by atoms with Gasteiger partial charge >= 0.3 is 0 Å². The highest BCUT2D eigenvalue weighted by Gasteiger charge is 2.47. The van der Waals surface area contributed by atoms with E-state index in [1.807, 2.05) is 18.2 Å². The molecule has 3 atom stereocenters. The molecular formula is C24H24FN5O2. The minimum absolute atomic E-state index is 0.0682. The standard InChI is InChI=1S/C24H24FN5O2/c25-19-13-18(10-11-21(19)29-15-26-14-27-29)28-23(31)22-12-17-8-4-5-9-20(17)30(22)24(32)16-6-2-1-3-7-16/h1-3,6-7,10-11,13-15,17,20,22H,4-5,8-9,12H2,(H,28,31). The quantitative estimate of drug-likeness (QED) is 0.678. The Kier molecular flexibility index (Phi) is 5.43. The number of carbonyl (C=O) groups excluding carboxylic acids is 2. The molecule has 2 aliphatic rings. The fraction of sp³-hybridized carbons (Fsp3) is 0.333. The molecule has 2 heterocycles. The zero-order valence-corrected chi connectivity index (χ0v) is 17.5. The maximum absolute atomic E-state index is 14.6. The Bertz CT molecular complexity index is 1120. The lowest BCUT2D eigenvalue weighted by molar-refractivity contribution is -0.120. The second kappa shape index (κ2) is 8.53. The zero-order valence-electron chi connectivity index (χ0n) is 17.5. The van der Waals surface area contributed by atoms with Crippen LogP contribution in [0.25, 0.3) is 5.69 Å². The van der Waals surface area contributed by atoms with Crippen LogP contribution in [0.5, 0.6) is 0 Å². The van der Waals surface area contributed by atoms with Gasteiger partial charge in [0, 0.05) is 17.3 Å². The van der Waals surface area contributed by atoms with E-state index in [1.165, 1.54) is 23.4 Å². The molecule has 1 aliphatic heterocycles. The number of hydrogen-bond donors (Lipinski definition) is 1. The third-order valence-corrected chi connectivity index (χ3v) is 6.53. The van der Waals surface area contributed by atoms with Crippen LogP contribution >= 0.6 is 0 Å². The number of nitrogens with one attached hydrogen (secondary N) is 1. The summed E-state index contributed by atoms with van der Waals surface area (Å²) < 4.78 is 15.9. The predicted octanol–water partition coefficient (Wildman–Crippen LogP) is 3.82. The van der Waals surface area contributed by atoms with Crippen molar-refractivity contribution in [2.45, 2.75) is 44.2 Å². The SMILES string of the molecule is O=C(Nc1ccc(-n2cncn2)c(F)c1)C1CC2CCCCC2N1C(=O)c1ccccc1. The molecule has 3 unspecified atom stereocenters. The molecule has 1 aliphatic carbocycles. The molecule has 2 fully saturated rings. The van der Waals surface area contributed by atoms with Crippen molar-refractivity contribution in [3.8, 4) is 5.69 Å². The van der Waals surface area contributed by atoms with E-state index in [2.05, 4.69) is 15.4 Å². The molecule has 0 spiro atoms. The molecule has 8 heteroatoms. The Morgan fingerprint density at radius 2 is 1.88 bits per heavy atom. The summed E-state index contributed by atoms with van der Waals surface area (Å²) in [6.07, 6.45) is 7.48. The summed E-state index contributed by atoms with van der Waals surface area (Å²) in [6.45, 7) is 0. The first-order valence-electron chi connectivity index (χ1n) is 10.9. The van der Waals surface area contributed by atoms with Crippen molar-refractivity contribution in [1.82, 2.24) is 19.7 Å². The van der Waals surface area contributed by atoms with Gasteiger partial charge in [0.25, 0.3) is 5.91 Å². The summed E-state index contributed by atoms with van der Waals surface area (Å²) in [6, 6.07) is 13.0. The summed E-state index contributed by atoms with van der Waals surface area (Å²) >= 11 is 0. The fourth-order valence-corrected chi connectivity index (χ4v) is 5.04. The number of hydrogen-bond acceptors (Lipinski definition) is 4. The maximum atomic E-state index is 14.6. The summed E-state index contributed by atoms with van der Waals surface area (Å²) in [5.74, 6) is -0.603. The van der Waals surface area contributed by atoms with Crippen molar-refractivity contribution in [2.75, 3.05) is 5.32 Å². The van der Waals surface area contributed by atoms with Gasteiger partial charge in [-0.25, -0.2) is 14.1 Å². The first-order chi connectivity index (χ1) is 15.6. The largest absolute Gasteiger partial charge is 0.324 e. The van der Waals surface area contributed by atoms with Crippen LogP contribution in [0.1, 0.15) is 42.5 Å². The fourth-order valence-electron chi connectivity index (χ4n) is 5.04. The Morgan fingerprint density at radius 3 is 2.62 bits per heavy atom. The molecule has 32 heavy (non-hydrogen) atoms. The molecule has 164 valence electrons. The lowest BCUT2D eigenvalue weighted by atomic mass is 9.84. The van der Waals surface area contributed by atoms with Gasteiger partial charge < -0.3 is 10.2 Å². The average Bonchev–Trinajstić information content (AvgIpc) is 3.47. The van der Waals surface area contributed by atoms with Crippen LogP contribution in [0.2, 0.25) is 0 Å². The molecule has 0 bridgehead atoms. The molecule has 1 saturated carbocycles. The first kappa shape index (κ1) is 20.4. The third kappa shape index (κ3) is 3.77. The molecule has 3 aromatic rings. The highest BCUT2D eigenvalue weighted by atomic mass is 19.1. The van der Waals surface area contributed by atoms with Crippen molar-refractivity contribution >= 4 is 17.5 Å². The number of fused-ring (bicyclic) bond motifs is 1. The molecule has 2 amide bonds. The Hall–Kier alpha value is -3.55. The smallest absolute Gasteiger partial charge is 0.254 e. The van der Waals surface area contributed by atoms with Crippen LogP contribution in [-0.4, -0.2) is 43.6 Å². The normalized spacial score (nSPS) is 22.4. The number of carbonyl (C=O) groups is 2. The van der Waals surface area contributed by atoms with Crippen molar-refractivity contribution in [2.24, 2.45) is 5.92 Å². The van der Waals surface area contributed by atoms with Crippen LogP contribution < -0.4 is 5.32 Å². The van der Waals surface area contributed by atoms with Gasteiger partial charge in [-0.15, -0.1) is 0 Å². The number of likely N-dealkylation sites (tertiary alicyclic amines) is 1. The third-order valence-electron chi connectivity index (χ3n) is 6.53. The topological polar surface area (TPSA) is 80.1 Å². The average molecular weight is 433 g/mol. The van der Waals surface area contributed by atoms with Crippen LogP contribution in [0.3, 0.4) is 0 Å². The highest BCUT2D eigenvalue weighted by molar-refractivity contribution is 6.01. The van der Waals surface area contributed by atoms with Crippen LogP contribution in [0, 0.1) is 11.7 Å². The second-order valence-electron chi connectivity index (χ2n) is 8.44. The molecular weight excluding hydrogens is 409 g/mol. The molecule has 7 nitrogen and oxygen atoms in total. The summed E-state index contributed by atoms with van der Waals surface area (Å²) in [4.78, 5) is 32.2. The first-order valence-corrected chi connectivity index (χ1v) is 10.9. The van der Waals surface area contributed by atoms with E-state index in [-0.39, 0.29) is 23.5 Å². The molecule has 2 aromatic carbocycles. The number of rotatable bonds is 4. The van der Waals surface area contributed by atoms with E-state index < -0.39 is 11.9 Å². The van der Waals surface area contributed by atoms with Crippen molar-refractivity contribution < 1.29 is 14.0 Å². The van der Waals surface area contributed by atoms with Gasteiger partial charge in [0.05, 0.1) is 0 Å². The Balaban J connectivity index is 1.39. The zero-order chi connectivity index (χ0) is 22.1. The molecule has 1 saturated heterocycles. The van der Waals surface area contributed by atoms with Gasteiger partial charge in [0.2, 0.25) is 5.91 Å². The van der Waals surface area contributed by atoms with E-state index in [0.29, 0.717) is 23.6 Å². The minimum Gasteiger partial charge on any atom is -0.324 e. The lowest BCUT2D eigenvalue weighted by Crippen LogP contribution is -2.47. The summed E-state index contributed by atoms with van der Waals surface area (Å²) in [5, 5.41) is 6.76. The van der Waals surface area contributed by atoms with Crippen molar-refractivity contribution in [3.05, 3.63) is 72.6 Å². The molecule has 1 aromatic heterocycles. The van der Waals surface area contributed by atoms with Gasteiger partial charge in [-0.1, -0.05) is 31.0 Å². The van der Waals surface area contributed by atoms with Gasteiger partial charge in [-0.2, -0.15) is 5.10 Å². The second-order valence-corrected chi connectivity index (χ2v) is 8.44. The maximum Gasteiger partial charge on any atom is 0.254 e. The highest BCUT2D eigenvalue weighted by Crippen LogP contribution is 2.41. The molecule has 5 rings (SSSR count). The van der Waals surface area contributed by atoms with E-state index in [0.717, 1.165) is 25.7 Å². The van der Waals surface area contributed by atoms with E-state index in [4.69, 9.17) is 0 Å². The Labute approximate surface area is 185 Å². The number of amides is 2. The number of aromatic nitrogens is 3. The van der Waals surface area contributed by atoms with Crippen molar-refractivity contribution in [1.29, 1.82) is 0 Å². The van der Waals surface area contributed by atoms with E-state index >= 15 is 0 Å². The summed E-state index contributed by atoms with van der Waals surface area (Å²) in [5.41, 5.74) is 1.17. The molecule has 0 radical (unpaired) electrons. The number of anilines is 1.